The minimum Gasteiger partial charge on any atom is -0.306 e. The molecule has 2 rings (SSSR count). The van der Waals surface area contributed by atoms with Crippen molar-refractivity contribution in [1.29, 1.82) is 0 Å². The van der Waals surface area contributed by atoms with E-state index in [1.54, 1.807) is 12.1 Å². The standard InChI is InChI=1S/C17H21BrN2O2S/c1-13(19-12-14-4-8-16(18)9-5-14)15-6-10-17(11-7-15)23(21,22)20(2)3/h4-11,13,19H,12H2,1-3H3. The van der Waals surface area contributed by atoms with Crippen LogP contribution in [0.25, 0.3) is 0 Å². The third kappa shape index (κ3) is 4.64. The van der Waals surface area contributed by atoms with Gasteiger partial charge in [0.1, 0.15) is 0 Å². The maximum absolute atomic E-state index is 12.1. The maximum Gasteiger partial charge on any atom is 0.242 e. The maximum atomic E-state index is 12.1. The normalized spacial score (nSPS) is 13.3. The molecule has 0 radical (unpaired) electrons. The topological polar surface area (TPSA) is 49.4 Å². The van der Waals surface area contributed by atoms with Crippen LogP contribution in [0.2, 0.25) is 0 Å². The molecule has 124 valence electrons. The fraction of sp³-hybridized carbons (Fsp3) is 0.294. The number of hydrogen-bond donors (Lipinski definition) is 1. The van der Waals surface area contributed by atoms with Gasteiger partial charge < -0.3 is 5.32 Å². The molecule has 0 aliphatic heterocycles. The van der Waals surface area contributed by atoms with Gasteiger partial charge in [-0.1, -0.05) is 40.2 Å². The van der Waals surface area contributed by atoms with Crippen LogP contribution in [-0.2, 0) is 16.6 Å². The molecule has 2 aromatic carbocycles. The van der Waals surface area contributed by atoms with Gasteiger partial charge in [0, 0.05) is 31.2 Å². The van der Waals surface area contributed by atoms with Gasteiger partial charge in [-0.15, -0.1) is 0 Å². The summed E-state index contributed by atoms with van der Waals surface area (Å²) in [6.45, 7) is 2.82. The molecular weight excluding hydrogens is 376 g/mol. The summed E-state index contributed by atoms with van der Waals surface area (Å²) in [5.41, 5.74) is 2.26. The van der Waals surface area contributed by atoms with E-state index in [9.17, 15) is 8.42 Å². The fourth-order valence-electron chi connectivity index (χ4n) is 2.13. The van der Waals surface area contributed by atoms with Gasteiger partial charge in [-0.2, -0.15) is 0 Å². The van der Waals surface area contributed by atoms with Gasteiger partial charge in [0.2, 0.25) is 10.0 Å². The molecule has 0 heterocycles. The summed E-state index contributed by atoms with van der Waals surface area (Å²) in [4.78, 5) is 0.311. The minimum atomic E-state index is -3.37. The van der Waals surface area contributed by atoms with E-state index in [1.165, 1.54) is 24.0 Å². The Kier molecular flexibility index (Phi) is 5.97. The van der Waals surface area contributed by atoms with Crippen LogP contribution in [0.15, 0.2) is 57.9 Å². The van der Waals surface area contributed by atoms with Crippen LogP contribution < -0.4 is 5.32 Å². The summed E-state index contributed by atoms with van der Waals surface area (Å²) in [6.07, 6.45) is 0. The van der Waals surface area contributed by atoms with Crippen molar-refractivity contribution in [2.24, 2.45) is 0 Å². The lowest BCUT2D eigenvalue weighted by Crippen LogP contribution is -2.22. The molecule has 1 unspecified atom stereocenters. The van der Waals surface area contributed by atoms with Gasteiger partial charge in [0.25, 0.3) is 0 Å². The predicted molar refractivity (Wildman–Crippen MR) is 96.7 cm³/mol. The zero-order valence-corrected chi connectivity index (χ0v) is 15.9. The lowest BCUT2D eigenvalue weighted by atomic mass is 10.1. The van der Waals surface area contributed by atoms with Crippen LogP contribution in [-0.4, -0.2) is 26.8 Å². The van der Waals surface area contributed by atoms with Crippen molar-refractivity contribution < 1.29 is 8.42 Å². The molecule has 23 heavy (non-hydrogen) atoms. The first-order chi connectivity index (χ1) is 10.8. The number of nitrogens with zero attached hydrogens (tertiary/aromatic N) is 1. The van der Waals surface area contributed by atoms with Crippen LogP contribution in [0.5, 0.6) is 0 Å². The highest BCUT2D eigenvalue weighted by Gasteiger charge is 2.17. The van der Waals surface area contributed by atoms with Crippen LogP contribution in [0.1, 0.15) is 24.1 Å². The summed E-state index contributed by atoms with van der Waals surface area (Å²) in [7, 11) is -0.303. The molecule has 0 fully saturated rings. The third-order valence-corrected chi connectivity index (χ3v) is 6.04. The van der Waals surface area contributed by atoms with Crippen LogP contribution in [0.3, 0.4) is 0 Å². The quantitative estimate of drug-likeness (QED) is 0.811. The van der Waals surface area contributed by atoms with Gasteiger partial charge in [-0.25, -0.2) is 12.7 Å². The van der Waals surface area contributed by atoms with Gasteiger partial charge in [0.15, 0.2) is 0 Å². The zero-order valence-electron chi connectivity index (χ0n) is 13.5. The Bertz CT molecular complexity index is 741. The van der Waals surface area contributed by atoms with Crippen molar-refractivity contribution in [2.75, 3.05) is 14.1 Å². The van der Waals surface area contributed by atoms with Crippen molar-refractivity contribution in [1.82, 2.24) is 9.62 Å². The molecule has 2 aromatic rings. The number of nitrogens with one attached hydrogen (secondary N) is 1. The number of sulfonamides is 1. The highest BCUT2D eigenvalue weighted by atomic mass is 79.9. The molecule has 0 bridgehead atoms. The SMILES string of the molecule is CC(NCc1ccc(Br)cc1)c1ccc(S(=O)(=O)N(C)C)cc1. The van der Waals surface area contributed by atoms with E-state index in [-0.39, 0.29) is 6.04 Å². The summed E-state index contributed by atoms with van der Waals surface area (Å²) in [6, 6.07) is 15.3. The molecule has 0 saturated heterocycles. The second kappa shape index (κ2) is 7.57. The first-order valence-corrected chi connectivity index (χ1v) is 9.54. The van der Waals surface area contributed by atoms with Gasteiger partial charge in [-0.3, -0.25) is 0 Å². The number of hydrogen-bond acceptors (Lipinski definition) is 3. The molecule has 4 nitrogen and oxygen atoms in total. The Morgan fingerprint density at radius 2 is 1.61 bits per heavy atom. The first kappa shape index (κ1) is 18.1. The first-order valence-electron chi connectivity index (χ1n) is 7.31. The van der Waals surface area contributed by atoms with Crippen molar-refractivity contribution >= 4 is 26.0 Å². The van der Waals surface area contributed by atoms with Crippen molar-refractivity contribution in [3.63, 3.8) is 0 Å². The average Bonchev–Trinajstić information content (AvgIpc) is 2.54. The van der Waals surface area contributed by atoms with Crippen LogP contribution in [0, 0.1) is 0 Å². The van der Waals surface area contributed by atoms with Crippen molar-refractivity contribution in [3.05, 3.63) is 64.1 Å². The Hall–Kier alpha value is -1.21. The Labute approximate surface area is 146 Å². The molecule has 0 spiro atoms. The van der Waals surface area contributed by atoms with E-state index in [4.69, 9.17) is 0 Å². The lowest BCUT2D eigenvalue weighted by Gasteiger charge is -2.16. The van der Waals surface area contributed by atoms with Gasteiger partial charge >= 0.3 is 0 Å². The van der Waals surface area contributed by atoms with E-state index in [2.05, 4.69) is 40.3 Å². The fourth-order valence-corrected chi connectivity index (χ4v) is 3.30. The van der Waals surface area contributed by atoms with Gasteiger partial charge in [-0.05, 0) is 42.3 Å². The second-order valence-electron chi connectivity index (χ2n) is 5.59. The van der Waals surface area contributed by atoms with E-state index in [1.807, 2.05) is 24.3 Å². The molecule has 6 heteroatoms. The number of benzene rings is 2. The molecule has 1 atom stereocenters. The molecular formula is C17H21BrN2O2S. The van der Waals surface area contributed by atoms with E-state index >= 15 is 0 Å². The molecule has 0 aliphatic rings. The van der Waals surface area contributed by atoms with E-state index < -0.39 is 10.0 Å². The van der Waals surface area contributed by atoms with E-state index in [0.29, 0.717) is 4.90 Å². The summed E-state index contributed by atoms with van der Waals surface area (Å²) in [5.74, 6) is 0. The average molecular weight is 397 g/mol. The number of rotatable bonds is 6. The number of halogens is 1. The zero-order chi connectivity index (χ0) is 17.0. The largest absolute Gasteiger partial charge is 0.306 e. The Balaban J connectivity index is 2.03. The summed E-state index contributed by atoms with van der Waals surface area (Å²) in [5, 5.41) is 3.44. The Morgan fingerprint density at radius 1 is 1.04 bits per heavy atom. The smallest absolute Gasteiger partial charge is 0.242 e. The molecule has 0 saturated carbocycles. The molecule has 0 aliphatic carbocycles. The highest BCUT2D eigenvalue weighted by molar-refractivity contribution is 9.10. The van der Waals surface area contributed by atoms with E-state index in [0.717, 1.165) is 16.6 Å². The monoisotopic (exact) mass is 396 g/mol. The predicted octanol–water partition coefficient (Wildman–Crippen LogP) is 3.55. The molecule has 1 N–H and O–H groups in total. The lowest BCUT2D eigenvalue weighted by molar-refractivity contribution is 0.520. The summed E-state index contributed by atoms with van der Waals surface area (Å²) < 4.78 is 26.4. The minimum absolute atomic E-state index is 0.134. The highest BCUT2D eigenvalue weighted by Crippen LogP contribution is 2.19. The molecule has 0 amide bonds. The van der Waals surface area contributed by atoms with Gasteiger partial charge in [0.05, 0.1) is 4.90 Å². The molecule has 0 aromatic heterocycles. The Morgan fingerprint density at radius 3 is 2.13 bits per heavy atom. The van der Waals surface area contributed by atoms with Crippen LogP contribution >= 0.6 is 15.9 Å². The van der Waals surface area contributed by atoms with Crippen LogP contribution in [0.4, 0.5) is 0 Å². The second-order valence-corrected chi connectivity index (χ2v) is 8.65. The van der Waals surface area contributed by atoms with Crippen molar-refractivity contribution in [2.45, 2.75) is 24.4 Å². The summed E-state index contributed by atoms with van der Waals surface area (Å²) >= 11 is 3.42. The third-order valence-electron chi connectivity index (χ3n) is 3.68. The van der Waals surface area contributed by atoms with Crippen molar-refractivity contribution in [3.8, 4) is 0 Å².